The van der Waals surface area contributed by atoms with Crippen LogP contribution >= 0.6 is 0 Å². The van der Waals surface area contributed by atoms with Crippen LogP contribution in [0.5, 0.6) is 5.75 Å². The van der Waals surface area contributed by atoms with E-state index in [4.69, 9.17) is 10.00 Å². The summed E-state index contributed by atoms with van der Waals surface area (Å²) in [5.41, 5.74) is 2.41. The Hall–Kier alpha value is -3.34. The van der Waals surface area contributed by atoms with Gasteiger partial charge in [-0.1, -0.05) is 0 Å². The minimum absolute atomic E-state index is 0.133. The predicted molar refractivity (Wildman–Crippen MR) is 116 cm³/mol. The highest BCUT2D eigenvalue weighted by Crippen LogP contribution is 2.19. The lowest BCUT2D eigenvalue weighted by molar-refractivity contribution is 0.0663. The Labute approximate surface area is 174 Å². The molecule has 2 heterocycles. The van der Waals surface area contributed by atoms with Crippen LogP contribution in [0.15, 0.2) is 59.4 Å². The summed E-state index contributed by atoms with van der Waals surface area (Å²) in [7, 11) is 0. The molecule has 154 valence electrons. The number of fused-ring (bicyclic) bond motifs is 1. The van der Waals surface area contributed by atoms with E-state index in [1.807, 2.05) is 30.3 Å². The number of β-amino-alcohol motifs (C(OH)–C–C–N with tert-alkyl or cyclic N) is 1. The van der Waals surface area contributed by atoms with Gasteiger partial charge in [0.2, 0.25) is 5.56 Å². The highest BCUT2D eigenvalue weighted by molar-refractivity contribution is 5.79. The molecule has 0 amide bonds. The molecule has 0 spiro atoms. The number of hydrogen-bond acceptors (Lipinski definition) is 6. The summed E-state index contributed by atoms with van der Waals surface area (Å²) < 4.78 is 5.75. The summed E-state index contributed by atoms with van der Waals surface area (Å²) in [5.74, 6) is 0.666. The van der Waals surface area contributed by atoms with Gasteiger partial charge in [0, 0.05) is 55.4 Å². The third-order valence-corrected chi connectivity index (χ3v) is 5.34. The number of nitrogens with zero attached hydrogens (tertiary/aromatic N) is 3. The molecule has 2 aromatic carbocycles. The van der Waals surface area contributed by atoms with Gasteiger partial charge in [-0.2, -0.15) is 5.26 Å². The molecular formula is C23H24N4O3. The van der Waals surface area contributed by atoms with Gasteiger partial charge in [-0.3, -0.25) is 9.69 Å². The van der Waals surface area contributed by atoms with Gasteiger partial charge < -0.3 is 19.7 Å². The molecule has 1 fully saturated rings. The molecule has 7 nitrogen and oxygen atoms in total. The third-order valence-electron chi connectivity index (χ3n) is 5.34. The smallest absolute Gasteiger partial charge is 0.248 e. The fraction of sp³-hybridized carbons (Fsp3) is 0.304. The first kappa shape index (κ1) is 20.0. The highest BCUT2D eigenvalue weighted by atomic mass is 16.5. The second kappa shape index (κ2) is 8.99. The van der Waals surface area contributed by atoms with E-state index in [1.54, 1.807) is 18.2 Å². The second-order valence-corrected chi connectivity index (χ2v) is 7.48. The lowest BCUT2D eigenvalue weighted by Crippen LogP contribution is -2.49. The fourth-order valence-corrected chi connectivity index (χ4v) is 3.70. The highest BCUT2D eigenvalue weighted by Gasteiger charge is 2.20. The number of nitrogens with one attached hydrogen (secondary N) is 1. The molecule has 0 aliphatic carbocycles. The standard InChI is InChI=1S/C23H24N4O3/c24-14-17-1-4-19(5-2-17)27-11-9-26(10-12-27)15-20(28)16-30-21-6-7-22-18(13-21)3-8-23(29)25-22/h1-8,13,20,28H,9-12,15-16H2,(H,25,29). The number of rotatable bonds is 6. The Balaban J connectivity index is 1.25. The largest absolute Gasteiger partial charge is 0.491 e. The summed E-state index contributed by atoms with van der Waals surface area (Å²) in [6.07, 6.45) is -0.585. The molecule has 1 unspecified atom stereocenters. The van der Waals surface area contributed by atoms with Crippen molar-refractivity contribution < 1.29 is 9.84 Å². The molecule has 4 rings (SSSR count). The van der Waals surface area contributed by atoms with Crippen molar-refractivity contribution in [2.24, 2.45) is 0 Å². The van der Waals surface area contributed by atoms with Crippen LogP contribution in [0.25, 0.3) is 10.9 Å². The summed E-state index contributed by atoms with van der Waals surface area (Å²) >= 11 is 0. The van der Waals surface area contributed by atoms with Crippen molar-refractivity contribution in [1.82, 2.24) is 9.88 Å². The summed E-state index contributed by atoms with van der Waals surface area (Å²) in [4.78, 5) is 18.7. The molecule has 30 heavy (non-hydrogen) atoms. The van der Waals surface area contributed by atoms with Gasteiger partial charge in [-0.25, -0.2) is 0 Å². The van der Waals surface area contributed by atoms with E-state index in [2.05, 4.69) is 20.9 Å². The molecule has 7 heteroatoms. The number of hydrogen-bond donors (Lipinski definition) is 2. The number of aliphatic hydroxyl groups is 1. The van der Waals surface area contributed by atoms with Crippen LogP contribution in [0.1, 0.15) is 5.56 Å². The quantitative estimate of drug-likeness (QED) is 0.653. The zero-order valence-electron chi connectivity index (χ0n) is 16.6. The van der Waals surface area contributed by atoms with E-state index in [1.165, 1.54) is 6.07 Å². The normalized spacial score (nSPS) is 15.7. The average Bonchev–Trinajstić information content (AvgIpc) is 2.78. The Kier molecular flexibility index (Phi) is 5.98. The number of aromatic amines is 1. The van der Waals surface area contributed by atoms with Crippen molar-refractivity contribution in [2.45, 2.75) is 6.10 Å². The number of H-pyrrole nitrogens is 1. The molecule has 1 atom stereocenters. The van der Waals surface area contributed by atoms with Crippen LogP contribution < -0.4 is 15.2 Å². The molecule has 0 radical (unpaired) electrons. The van der Waals surface area contributed by atoms with Crippen LogP contribution in [0.3, 0.4) is 0 Å². The van der Waals surface area contributed by atoms with Crippen molar-refractivity contribution in [1.29, 1.82) is 5.26 Å². The maximum atomic E-state index is 11.4. The number of nitriles is 1. The van der Waals surface area contributed by atoms with E-state index in [0.29, 0.717) is 17.9 Å². The van der Waals surface area contributed by atoms with Gasteiger partial charge in [-0.05, 0) is 48.5 Å². The first-order valence-corrected chi connectivity index (χ1v) is 10.0. The topological polar surface area (TPSA) is 92.6 Å². The molecule has 1 aromatic heterocycles. The van der Waals surface area contributed by atoms with E-state index in [9.17, 15) is 9.90 Å². The molecule has 0 bridgehead atoms. The predicted octanol–water partition coefficient (Wildman–Crippen LogP) is 1.96. The summed E-state index contributed by atoms with van der Waals surface area (Å²) in [6.45, 7) is 4.25. The maximum absolute atomic E-state index is 11.4. The van der Waals surface area contributed by atoms with Gasteiger partial charge in [0.15, 0.2) is 0 Å². The average molecular weight is 404 g/mol. The third kappa shape index (κ3) is 4.79. The molecule has 3 aromatic rings. The Morgan fingerprint density at radius 1 is 1.07 bits per heavy atom. The number of aromatic nitrogens is 1. The number of anilines is 1. The van der Waals surface area contributed by atoms with Crippen molar-refractivity contribution in [3.05, 3.63) is 70.5 Å². The van der Waals surface area contributed by atoms with Crippen LogP contribution in [0, 0.1) is 11.3 Å². The van der Waals surface area contributed by atoms with Gasteiger partial charge in [0.05, 0.1) is 11.6 Å². The van der Waals surface area contributed by atoms with E-state index >= 15 is 0 Å². The SMILES string of the molecule is N#Cc1ccc(N2CCN(CC(O)COc3ccc4[nH]c(=O)ccc4c3)CC2)cc1. The van der Waals surface area contributed by atoms with Gasteiger partial charge >= 0.3 is 0 Å². The van der Waals surface area contributed by atoms with Crippen molar-refractivity contribution in [2.75, 3.05) is 44.2 Å². The summed E-state index contributed by atoms with van der Waals surface area (Å²) in [5, 5.41) is 20.2. The maximum Gasteiger partial charge on any atom is 0.248 e. The monoisotopic (exact) mass is 404 g/mol. The Morgan fingerprint density at radius 2 is 1.83 bits per heavy atom. The van der Waals surface area contributed by atoms with Crippen molar-refractivity contribution in [3.8, 4) is 11.8 Å². The number of ether oxygens (including phenoxy) is 1. The minimum atomic E-state index is -0.585. The minimum Gasteiger partial charge on any atom is -0.491 e. The number of piperazine rings is 1. The first-order valence-electron chi connectivity index (χ1n) is 10.0. The van der Waals surface area contributed by atoms with E-state index in [0.717, 1.165) is 42.8 Å². The van der Waals surface area contributed by atoms with Crippen LogP contribution in [0.2, 0.25) is 0 Å². The number of benzene rings is 2. The van der Waals surface area contributed by atoms with Crippen LogP contribution in [-0.2, 0) is 0 Å². The zero-order valence-corrected chi connectivity index (χ0v) is 16.6. The van der Waals surface area contributed by atoms with Crippen LogP contribution in [0.4, 0.5) is 5.69 Å². The van der Waals surface area contributed by atoms with Gasteiger partial charge in [0.25, 0.3) is 0 Å². The summed E-state index contributed by atoms with van der Waals surface area (Å²) in [6, 6.07) is 18.5. The van der Waals surface area contributed by atoms with Crippen molar-refractivity contribution >= 4 is 16.6 Å². The Bertz CT molecular complexity index is 1100. The van der Waals surface area contributed by atoms with Gasteiger partial charge in [0.1, 0.15) is 18.5 Å². The van der Waals surface area contributed by atoms with Crippen LogP contribution in [-0.4, -0.2) is 60.4 Å². The molecule has 1 saturated heterocycles. The molecular weight excluding hydrogens is 380 g/mol. The number of pyridine rings is 1. The van der Waals surface area contributed by atoms with E-state index in [-0.39, 0.29) is 12.2 Å². The molecule has 2 N–H and O–H groups in total. The molecule has 1 aliphatic heterocycles. The lowest BCUT2D eigenvalue weighted by atomic mass is 10.2. The molecule has 0 saturated carbocycles. The lowest BCUT2D eigenvalue weighted by Gasteiger charge is -2.36. The molecule has 1 aliphatic rings. The van der Waals surface area contributed by atoms with Crippen molar-refractivity contribution in [3.63, 3.8) is 0 Å². The fourth-order valence-electron chi connectivity index (χ4n) is 3.70. The zero-order chi connectivity index (χ0) is 20.9. The van der Waals surface area contributed by atoms with Gasteiger partial charge in [-0.15, -0.1) is 0 Å². The second-order valence-electron chi connectivity index (χ2n) is 7.48. The number of aliphatic hydroxyl groups excluding tert-OH is 1. The Morgan fingerprint density at radius 3 is 2.57 bits per heavy atom. The van der Waals surface area contributed by atoms with E-state index < -0.39 is 6.10 Å². The first-order chi connectivity index (χ1) is 14.6.